The molecule has 2 aliphatic rings. The molecule has 0 saturated carbocycles. The van der Waals surface area contributed by atoms with Crippen molar-refractivity contribution in [1.82, 2.24) is 0 Å². The van der Waals surface area contributed by atoms with Gasteiger partial charge in [-0.05, 0) is 18.2 Å². The van der Waals surface area contributed by atoms with Gasteiger partial charge in [-0.25, -0.2) is 0 Å². The summed E-state index contributed by atoms with van der Waals surface area (Å²) in [4.78, 5) is 0. The summed E-state index contributed by atoms with van der Waals surface area (Å²) in [5.74, 6) is 0. The Morgan fingerprint density at radius 3 is 2.75 bits per heavy atom. The van der Waals surface area contributed by atoms with Gasteiger partial charge in [-0.1, -0.05) is 36.4 Å². The fourth-order valence-corrected chi connectivity index (χ4v) is 2.96. The first-order chi connectivity index (χ1) is 9.88. The lowest BCUT2D eigenvalue weighted by Crippen LogP contribution is -2.32. The minimum absolute atomic E-state index is 0.104. The Morgan fingerprint density at radius 2 is 1.85 bits per heavy atom. The third-order valence-corrected chi connectivity index (χ3v) is 3.98. The molecule has 4 heteroatoms. The zero-order chi connectivity index (χ0) is 13.4. The summed E-state index contributed by atoms with van der Waals surface area (Å²) >= 11 is 0. The molecular weight excluding hydrogens is 250 g/mol. The molecule has 0 bridgehead atoms. The van der Waals surface area contributed by atoms with Crippen LogP contribution in [0, 0.1) is 0 Å². The molecule has 1 N–H and O–H groups in total. The van der Waals surface area contributed by atoms with Crippen molar-refractivity contribution in [3.63, 3.8) is 0 Å². The second-order valence-electron chi connectivity index (χ2n) is 5.15. The highest BCUT2D eigenvalue weighted by Gasteiger charge is 2.52. The van der Waals surface area contributed by atoms with Gasteiger partial charge in [0.15, 0.2) is 11.8 Å². The van der Waals surface area contributed by atoms with Crippen LogP contribution in [0.3, 0.4) is 0 Å². The molecule has 100 valence electrons. The van der Waals surface area contributed by atoms with Gasteiger partial charge >= 0.3 is 0 Å². The first kappa shape index (κ1) is 11.6. The van der Waals surface area contributed by atoms with Crippen molar-refractivity contribution >= 4 is 11.4 Å². The Morgan fingerprint density at radius 1 is 1.05 bits per heavy atom. The third-order valence-electron chi connectivity index (χ3n) is 3.98. The Bertz CT molecular complexity index is 656. The fraction of sp³-hybridized carbons (Fsp3) is 0.250. The number of rotatable bonds is 2. The first-order valence-electron chi connectivity index (χ1n) is 6.84. The van der Waals surface area contributed by atoms with Crippen LogP contribution in [0.1, 0.15) is 12.0 Å². The van der Waals surface area contributed by atoms with Crippen molar-refractivity contribution in [2.24, 2.45) is 10.2 Å². The second kappa shape index (κ2) is 4.42. The number of azo groups is 1. The van der Waals surface area contributed by atoms with E-state index in [9.17, 15) is 0 Å². The summed E-state index contributed by atoms with van der Waals surface area (Å²) in [6.07, 6.45) is 0.755. The lowest BCUT2D eigenvalue weighted by atomic mass is 9.90. The van der Waals surface area contributed by atoms with E-state index in [1.165, 1.54) is 5.56 Å². The van der Waals surface area contributed by atoms with Gasteiger partial charge in [-0.2, -0.15) is 10.2 Å². The van der Waals surface area contributed by atoms with Crippen LogP contribution in [-0.2, 0) is 10.3 Å². The summed E-state index contributed by atoms with van der Waals surface area (Å²) in [6, 6.07) is 18.1. The molecule has 2 aromatic carbocycles. The molecule has 0 aliphatic carbocycles. The van der Waals surface area contributed by atoms with Crippen LogP contribution >= 0.6 is 0 Å². The predicted octanol–water partition coefficient (Wildman–Crippen LogP) is 3.84. The molecule has 1 saturated heterocycles. The highest BCUT2D eigenvalue weighted by Crippen LogP contribution is 2.48. The van der Waals surface area contributed by atoms with Crippen molar-refractivity contribution in [2.45, 2.75) is 18.2 Å². The number of para-hydroxylation sites is 1. The molecule has 20 heavy (non-hydrogen) atoms. The molecule has 2 atom stereocenters. The highest BCUT2D eigenvalue weighted by atomic mass is 16.5. The largest absolute Gasteiger partial charge is 0.358 e. The Kier molecular flexibility index (Phi) is 2.57. The number of fused-ring (bicyclic) bond motifs is 3. The van der Waals surface area contributed by atoms with Gasteiger partial charge in [-0.15, -0.1) is 0 Å². The number of anilines is 1. The average Bonchev–Trinajstić information content (AvgIpc) is 3.02. The molecule has 2 aromatic rings. The number of hydrogen-bond acceptors (Lipinski definition) is 4. The standard InChI is InChI=1S/C16H15N3O/c1-2-6-12(7-3-1)18-19-16-10-11-20-15(16)17-14-9-5-4-8-13(14)16/h1-9,15,17H,10-11H2/t15-,16+/m0/s1. The minimum Gasteiger partial charge on any atom is -0.358 e. The third kappa shape index (κ3) is 1.65. The smallest absolute Gasteiger partial charge is 0.159 e. The van der Waals surface area contributed by atoms with Gasteiger partial charge in [0.2, 0.25) is 0 Å². The van der Waals surface area contributed by atoms with Crippen molar-refractivity contribution in [3.05, 3.63) is 60.2 Å². The van der Waals surface area contributed by atoms with Gasteiger partial charge < -0.3 is 10.1 Å². The van der Waals surface area contributed by atoms with Crippen LogP contribution < -0.4 is 5.32 Å². The molecule has 1 fully saturated rings. The van der Waals surface area contributed by atoms with Crippen LogP contribution in [0.15, 0.2) is 64.8 Å². The maximum absolute atomic E-state index is 5.79. The Balaban J connectivity index is 1.76. The summed E-state index contributed by atoms with van der Waals surface area (Å²) in [5.41, 5.74) is 2.77. The van der Waals surface area contributed by atoms with E-state index in [0.717, 1.165) is 17.8 Å². The molecule has 4 nitrogen and oxygen atoms in total. The van der Waals surface area contributed by atoms with E-state index in [1.54, 1.807) is 0 Å². The maximum atomic E-state index is 5.79. The lowest BCUT2D eigenvalue weighted by Gasteiger charge is -2.21. The van der Waals surface area contributed by atoms with E-state index >= 15 is 0 Å². The fourth-order valence-electron chi connectivity index (χ4n) is 2.96. The second-order valence-corrected chi connectivity index (χ2v) is 5.15. The summed E-state index contributed by atoms with van der Waals surface area (Å²) < 4.78 is 5.79. The van der Waals surface area contributed by atoms with Crippen LogP contribution in [0.25, 0.3) is 0 Å². The molecular formula is C16H15N3O. The van der Waals surface area contributed by atoms with E-state index in [-0.39, 0.29) is 11.8 Å². The highest BCUT2D eigenvalue weighted by molar-refractivity contribution is 5.61. The van der Waals surface area contributed by atoms with Gasteiger partial charge in [0.05, 0.1) is 12.3 Å². The number of benzene rings is 2. The SMILES string of the molecule is c1ccc(N=N[C@@]23CCO[C@@H]2Nc2ccccc23)cc1. The number of ether oxygens (including phenoxy) is 1. The normalized spacial score (nSPS) is 27.3. The molecule has 2 aliphatic heterocycles. The van der Waals surface area contributed by atoms with Crippen molar-refractivity contribution < 1.29 is 4.74 Å². The quantitative estimate of drug-likeness (QED) is 0.838. The molecule has 0 spiro atoms. The Hall–Kier alpha value is -2.20. The van der Waals surface area contributed by atoms with Crippen LogP contribution in [0.4, 0.5) is 11.4 Å². The number of nitrogens with zero attached hydrogens (tertiary/aromatic N) is 2. The summed E-state index contributed by atoms with van der Waals surface area (Å²) in [6.45, 7) is 0.708. The Labute approximate surface area is 117 Å². The van der Waals surface area contributed by atoms with Crippen molar-refractivity contribution in [3.8, 4) is 0 Å². The predicted molar refractivity (Wildman–Crippen MR) is 77.1 cm³/mol. The van der Waals surface area contributed by atoms with Crippen molar-refractivity contribution in [1.29, 1.82) is 0 Å². The molecule has 0 aromatic heterocycles. The number of nitrogens with one attached hydrogen (secondary N) is 1. The number of hydrogen-bond donors (Lipinski definition) is 1. The zero-order valence-electron chi connectivity index (χ0n) is 11.0. The molecule has 2 heterocycles. The monoisotopic (exact) mass is 265 g/mol. The van der Waals surface area contributed by atoms with Gasteiger partial charge in [-0.3, -0.25) is 0 Å². The van der Waals surface area contributed by atoms with E-state index in [0.29, 0.717) is 6.61 Å². The molecule has 4 rings (SSSR count). The van der Waals surface area contributed by atoms with E-state index in [4.69, 9.17) is 4.74 Å². The van der Waals surface area contributed by atoms with E-state index < -0.39 is 0 Å². The first-order valence-corrected chi connectivity index (χ1v) is 6.84. The topological polar surface area (TPSA) is 46.0 Å². The average molecular weight is 265 g/mol. The van der Waals surface area contributed by atoms with Crippen LogP contribution in [-0.4, -0.2) is 12.8 Å². The lowest BCUT2D eigenvalue weighted by molar-refractivity contribution is 0.108. The van der Waals surface area contributed by atoms with Crippen LogP contribution in [0.5, 0.6) is 0 Å². The van der Waals surface area contributed by atoms with Gasteiger partial charge in [0, 0.05) is 17.7 Å². The molecule has 0 radical (unpaired) electrons. The zero-order valence-corrected chi connectivity index (χ0v) is 11.0. The summed E-state index contributed by atoms with van der Waals surface area (Å²) in [7, 11) is 0. The van der Waals surface area contributed by atoms with Gasteiger partial charge in [0.25, 0.3) is 0 Å². The molecule has 0 amide bonds. The van der Waals surface area contributed by atoms with Crippen molar-refractivity contribution in [2.75, 3.05) is 11.9 Å². The van der Waals surface area contributed by atoms with E-state index in [2.05, 4.69) is 27.7 Å². The van der Waals surface area contributed by atoms with Gasteiger partial charge in [0.1, 0.15) is 0 Å². The van der Waals surface area contributed by atoms with Crippen LogP contribution in [0.2, 0.25) is 0 Å². The maximum Gasteiger partial charge on any atom is 0.159 e. The molecule has 0 unspecified atom stereocenters. The minimum atomic E-state index is -0.383. The summed E-state index contributed by atoms with van der Waals surface area (Å²) in [5, 5.41) is 12.5. The van der Waals surface area contributed by atoms with E-state index in [1.807, 2.05) is 42.5 Å².